The second-order valence-corrected chi connectivity index (χ2v) is 3.43. The standard InChI is InChI=1S/C11H11NO3/c13-10(6-11(14)15)9-5-7-3-1-2-4-8(7)12-9/h1-5,10,12-13H,6H2,(H,14,15)/t10-/m1/s1. The fourth-order valence-corrected chi connectivity index (χ4v) is 1.55. The Labute approximate surface area is 86.2 Å². The van der Waals surface area contributed by atoms with Gasteiger partial charge < -0.3 is 15.2 Å². The molecule has 0 saturated heterocycles. The zero-order valence-corrected chi connectivity index (χ0v) is 7.97. The maximum absolute atomic E-state index is 10.4. The summed E-state index contributed by atoms with van der Waals surface area (Å²) in [5, 5.41) is 19.1. The first-order chi connectivity index (χ1) is 7.16. The first kappa shape index (κ1) is 9.73. The van der Waals surface area contributed by atoms with Gasteiger partial charge in [0.25, 0.3) is 0 Å². The molecule has 1 heterocycles. The molecular formula is C11H11NO3. The number of aromatic amines is 1. The minimum absolute atomic E-state index is 0.285. The van der Waals surface area contributed by atoms with Crippen molar-refractivity contribution in [2.75, 3.05) is 0 Å². The van der Waals surface area contributed by atoms with Crippen molar-refractivity contribution in [3.05, 3.63) is 36.0 Å². The molecule has 2 aromatic rings. The van der Waals surface area contributed by atoms with Crippen LogP contribution < -0.4 is 0 Å². The van der Waals surface area contributed by atoms with Crippen molar-refractivity contribution < 1.29 is 15.0 Å². The number of carbonyl (C=O) groups is 1. The Morgan fingerprint density at radius 2 is 2.13 bits per heavy atom. The Hall–Kier alpha value is -1.81. The fourth-order valence-electron chi connectivity index (χ4n) is 1.55. The number of benzene rings is 1. The quantitative estimate of drug-likeness (QED) is 0.713. The minimum atomic E-state index is -1.01. The molecule has 0 spiro atoms. The van der Waals surface area contributed by atoms with E-state index in [0.717, 1.165) is 10.9 Å². The molecule has 1 atom stereocenters. The van der Waals surface area contributed by atoms with Gasteiger partial charge >= 0.3 is 5.97 Å². The Bertz CT molecular complexity index is 456. The highest BCUT2D eigenvalue weighted by atomic mass is 16.4. The summed E-state index contributed by atoms with van der Waals surface area (Å²) in [4.78, 5) is 13.4. The van der Waals surface area contributed by atoms with E-state index in [1.165, 1.54) is 0 Å². The van der Waals surface area contributed by atoms with Crippen molar-refractivity contribution in [1.82, 2.24) is 4.98 Å². The number of nitrogens with one attached hydrogen (secondary N) is 1. The largest absolute Gasteiger partial charge is 0.481 e. The molecule has 0 amide bonds. The lowest BCUT2D eigenvalue weighted by molar-refractivity contribution is -0.139. The maximum Gasteiger partial charge on any atom is 0.306 e. The van der Waals surface area contributed by atoms with E-state index >= 15 is 0 Å². The van der Waals surface area contributed by atoms with E-state index in [2.05, 4.69) is 4.98 Å². The van der Waals surface area contributed by atoms with E-state index in [1.807, 2.05) is 24.3 Å². The highest BCUT2D eigenvalue weighted by Gasteiger charge is 2.13. The van der Waals surface area contributed by atoms with Crippen LogP contribution in [0, 0.1) is 0 Å². The Balaban J connectivity index is 2.32. The van der Waals surface area contributed by atoms with E-state index in [0.29, 0.717) is 5.69 Å². The zero-order chi connectivity index (χ0) is 10.8. The van der Waals surface area contributed by atoms with Gasteiger partial charge in [0.2, 0.25) is 0 Å². The molecule has 78 valence electrons. The highest BCUT2D eigenvalue weighted by molar-refractivity contribution is 5.80. The van der Waals surface area contributed by atoms with Gasteiger partial charge in [-0.25, -0.2) is 0 Å². The molecule has 2 rings (SSSR count). The van der Waals surface area contributed by atoms with Gasteiger partial charge in [0.15, 0.2) is 0 Å². The number of aliphatic hydroxyl groups is 1. The van der Waals surface area contributed by atoms with Crippen LogP contribution in [0.4, 0.5) is 0 Å². The van der Waals surface area contributed by atoms with E-state index in [-0.39, 0.29) is 6.42 Å². The monoisotopic (exact) mass is 205 g/mol. The number of H-pyrrole nitrogens is 1. The molecule has 0 aliphatic heterocycles. The molecule has 0 fully saturated rings. The van der Waals surface area contributed by atoms with Crippen molar-refractivity contribution >= 4 is 16.9 Å². The molecule has 0 aliphatic rings. The number of carboxylic acids is 1. The lowest BCUT2D eigenvalue weighted by atomic mass is 10.2. The number of para-hydroxylation sites is 1. The SMILES string of the molecule is O=C(O)C[C@@H](O)c1cc2ccccc2[nH]1. The van der Waals surface area contributed by atoms with Gasteiger partial charge in [-0.15, -0.1) is 0 Å². The smallest absolute Gasteiger partial charge is 0.306 e. The van der Waals surface area contributed by atoms with Crippen LogP contribution in [0.3, 0.4) is 0 Å². The van der Waals surface area contributed by atoms with Gasteiger partial charge in [-0.3, -0.25) is 4.79 Å². The van der Waals surface area contributed by atoms with Crippen molar-refractivity contribution in [1.29, 1.82) is 0 Å². The van der Waals surface area contributed by atoms with Crippen LogP contribution in [-0.4, -0.2) is 21.2 Å². The first-order valence-corrected chi connectivity index (χ1v) is 4.64. The average Bonchev–Trinajstić information content (AvgIpc) is 2.59. The molecule has 0 bridgehead atoms. The molecule has 0 unspecified atom stereocenters. The van der Waals surface area contributed by atoms with E-state index in [9.17, 15) is 9.90 Å². The van der Waals surface area contributed by atoms with Gasteiger partial charge in [-0.2, -0.15) is 0 Å². The summed E-state index contributed by atoms with van der Waals surface area (Å²) in [5.74, 6) is -1.01. The van der Waals surface area contributed by atoms with Crippen molar-refractivity contribution in [2.24, 2.45) is 0 Å². The minimum Gasteiger partial charge on any atom is -0.481 e. The summed E-state index contributed by atoms with van der Waals surface area (Å²) in [7, 11) is 0. The number of carboxylic acid groups (broad SMARTS) is 1. The number of aliphatic carboxylic acids is 1. The molecular weight excluding hydrogens is 194 g/mol. The third kappa shape index (κ3) is 1.99. The van der Waals surface area contributed by atoms with Crippen LogP contribution in [0.5, 0.6) is 0 Å². The van der Waals surface area contributed by atoms with Gasteiger partial charge in [0.1, 0.15) is 6.10 Å². The van der Waals surface area contributed by atoms with Crippen molar-refractivity contribution in [2.45, 2.75) is 12.5 Å². The summed E-state index contributed by atoms with van der Waals surface area (Å²) in [6.07, 6.45) is -1.26. The Morgan fingerprint density at radius 1 is 1.40 bits per heavy atom. The van der Waals surface area contributed by atoms with Crippen LogP contribution in [0.15, 0.2) is 30.3 Å². The van der Waals surface area contributed by atoms with Gasteiger partial charge in [-0.1, -0.05) is 18.2 Å². The maximum atomic E-state index is 10.4. The summed E-state index contributed by atoms with van der Waals surface area (Å²) < 4.78 is 0. The zero-order valence-electron chi connectivity index (χ0n) is 7.97. The average molecular weight is 205 g/mol. The number of fused-ring (bicyclic) bond motifs is 1. The number of hydrogen-bond donors (Lipinski definition) is 3. The topological polar surface area (TPSA) is 73.3 Å². The molecule has 0 saturated carbocycles. The van der Waals surface area contributed by atoms with Gasteiger partial charge in [0.05, 0.1) is 6.42 Å². The van der Waals surface area contributed by atoms with Crippen LogP contribution in [0.25, 0.3) is 10.9 Å². The third-order valence-electron chi connectivity index (χ3n) is 2.28. The van der Waals surface area contributed by atoms with Gasteiger partial charge in [0, 0.05) is 11.2 Å². The fraction of sp³-hybridized carbons (Fsp3) is 0.182. The Morgan fingerprint density at radius 3 is 2.80 bits per heavy atom. The van der Waals surface area contributed by atoms with Crippen LogP contribution in [0.2, 0.25) is 0 Å². The highest BCUT2D eigenvalue weighted by Crippen LogP contribution is 2.21. The summed E-state index contributed by atoms with van der Waals surface area (Å²) in [6, 6.07) is 9.33. The third-order valence-corrected chi connectivity index (χ3v) is 2.28. The number of aliphatic hydroxyl groups excluding tert-OH is 1. The molecule has 4 nitrogen and oxygen atoms in total. The van der Waals surface area contributed by atoms with E-state index in [1.54, 1.807) is 6.07 Å². The molecule has 15 heavy (non-hydrogen) atoms. The molecule has 1 aromatic heterocycles. The second-order valence-electron chi connectivity index (χ2n) is 3.43. The normalized spacial score (nSPS) is 12.9. The summed E-state index contributed by atoms with van der Waals surface area (Å²) in [6.45, 7) is 0. The van der Waals surface area contributed by atoms with Crippen molar-refractivity contribution in [3.63, 3.8) is 0 Å². The summed E-state index contributed by atoms with van der Waals surface area (Å²) in [5.41, 5.74) is 1.44. The van der Waals surface area contributed by atoms with Crippen LogP contribution >= 0.6 is 0 Å². The predicted octanol–water partition coefficient (Wildman–Crippen LogP) is 1.68. The molecule has 0 aliphatic carbocycles. The molecule has 0 radical (unpaired) electrons. The lowest BCUT2D eigenvalue weighted by Gasteiger charge is -2.03. The molecule has 3 N–H and O–H groups in total. The Kier molecular flexibility index (Phi) is 2.43. The number of rotatable bonds is 3. The predicted molar refractivity (Wildman–Crippen MR) is 55.5 cm³/mol. The second kappa shape index (κ2) is 3.74. The van der Waals surface area contributed by atoms with Crippen molar-refractivity contribution in [3.8, 4) is 0 Å². The first-order valence-electron chi connectivity index (χ1n) is 4.64. The van der Waals surface area contributed by atoms with Crippen LogP contribution in [-0.2, 0) is 4.79 Å². The van der Waals surface area contributed by atoms with E-state index in [4.69, 9.17) is 5.11 Å². The lowest BCUT2D eigenvalue weighted by Crippen LogP contribution is -2.05. The van der Waals surface area contributed by atoms with E-state index < -0.39 is 12.1 Å². The molecule has 4 heteroatoms. The number of hydrogen-bond acceptors (Lipinski definition) is 2. The van der Waals surface area contributed by atoms with Gasteiger partial charge in [-0.05, 0) is 17.5 Å². The molecule has 1 aromatic carbocycles. The summed E-state index contributed by atoms with van der Waals surface area (Å²) >= 11 is 0. The number of aromatic nitrogens is 1. The van der Waals surface area contributed by atoms with Crippen LogP contribution in [0.1, 0.15) is 18.2 Å².